The Bertz CT molecular complexity index is 486. The monoisotopic (exact) mass is 285 g/mol. The molecule has 0 saturated heterocycles. The number of aliphatic hydroxyl groups excluding tert-OH is 1. The summed E-state index contributed by atoms with van der Waals surface area (Å²) in [6.45, 7) is 1.36. The van der Waals surface area contributed by atoms with E-state index >= 15 is 0 Å². The molecule has 1 atom stereocenters. The summed E-state index contributed by atoms with van der Waals surface area (Å²) >= 11 is 1.32. The van der Waals surface area contributed by atoms with Crippen molar-refractivity contribution in [2.75, 3.05) is 13.1 Å². The maximum Gasteiger partial charge on any atom is 0.261 e. The van der Waals surface area contributed by atoms with E-state index < -0.39 is 17.9 Å². The standard InChI is InChI=1S/C11H15N3O4S/c1-6-2-3-8(19-6)11(18)14-5-9(16)13-4-7(15)10(12)17/h2-3,7,15H,4-5H2,1H3,(H2,12,17)(H,13,16)(H,14,18). The van der Waals surface area contributed by atoms with Gasteiger partial charge in [0.25, 0.3) is 5.91 Å². The van der Waals surface area contributed by atoms with Gasteiger partial charge in [0, 0.05) is 4.88 Å². The number of carbonyl (C=O) groups is 3. The summed E-state index contributed by atoms with van der Waals surface area (Å²) in [6, 6.07) is 3.48. The van der Waals surface area contributed by atoms with Crippen LogP contribution in [0, 0.1) is 6.92 Å². The largest absolute Gasteiger partial charge is 0.381 e. The van der Waals surface area contributed by atoms with E-state index in [4.69, 9.17) is 10.8 Å². The molecule has 0 bridgehead atoms. The Balaban J connectivity index is 2.30. The first-order chi connectivity index (χ1) is 8.90. The van der Waals surface area contributed by atoms with Gasteiger partial charge < -0.3 is 21.5 Å². The summed E-state index contributed by atoms with van der Waals surface area (Å²) < 4.78 is 0. The average molecular weight is 285 g/mol. The highest BCUT2D eigenvalue weighted by Crippen LogP contribution is 2.14. The maximum atomic E-state index is 11.6. The number of thiophene rings is 1. The van der Waals surface area contributed by atoms with Crippen LogP contribution in [0.5, 0.6) is 0 Å². The summed E-state index contributed by atoms with van der Waals surface area (Å²) in [5, 5.41) is 13.8. The molecular weight excluding hydrogens is 270 g/mol. The van der Waals surface area contributed by atoms with Gasteiger partial charge in [-0.1, -0.05) is 0 Å². The lowest BCUT2D eigenvalue weighted by atomic mass is 10.3. The second-order valence-electron chi connectivity index (χ2n) is 3.82. The summed E-state index contributed by atoms with van der Waals surface area (Å²) in [7, 11) is 0. The van der Waals surface area contributed by atoms with E-state index in [9.17, 15) is 14.4 Å². The van der Waals surface area contributed by atoms with Gasteiger partial charge in [0.2, 0.25) is 11.8 Å². The average Bonchev–Trinajstić information content (AvgIpc) is 2.79. The molecule has 0 aliphatic heterocycles. The van der Waals surface area contributed by atoms with Crippen LogP contribution in [0.15, 0.2) is 12.1 Å². The molecular formula is C11H15N3O4S. The van der Waals surface area contributed by atoms with Crippen molar-refractivity contribution in [3.05, 3.63) is 21.9 Å². The highest BCUT2D eigenvalue weighted by molar-refractivity contribution is 7.13. The maximum absolute atomic E-state index is 11.6. The Hall–Kier alpha value is -1.93. The van der Waals surface area contributed by atoms with Crippen LogP contribution in [0.3, 0.4) is 0 Å². The van der Waals surface area contributed by atoms with Crippen molar-refractivity contribution in [1.82, 2.24) is 10.6 Å². The number of aryl methyl sites for hydroxylation is 1. The predicted octanol–water partition coefficient (Wildman–Crippen LogP) is -1.25. The van der Waals surface area contributed by atoms with Gasteiger partial charge in [0.05, 0.1) is 18.0 Å². The number of nitrogens with two attached hydrogens (primary N) is 1. The Labute approximate surface area is 113 Å². The molecule has 1 aromatic rings. The number of primary amides is 1. The molecule has 0 aliphatic rings. The van der Waals surface area contributed by atoms with Gasteiger partial charge in [-0.3, -0.25) is 14.4 Å². The van der Waals surface area contributed by atoms with Crippen LogP contribution in [0.2, 0.25) is 0 Å². The zero-order valence-corrected chi connectivity index (χ0v) is 11.1. The fraction of sp³-hybridized carbons (Fsp3) is 0.364. The number of hydrogen-bond donors (Lipinski definition) is 4. The van der Waals surface area contributed by atoms with Gasteiger partial charge in [0.1, 0.15) is 6.10 Å². The third kappa shape index (κ3) is 5.06. The number of amides is 3. The second kappa shape index (κ2) is 6.86. The SMILES string of the molecule is Cc1ccc(C(=O)NCC(=O)NCC(O)C(N)=O)s1. The second-order valence-corrected chi connectivity index (χ2v) is 5.10. The molecule has 3 amide bonds. The number of rotatable bonds is 6. The zero-order valence-electron chi connectivity index (χ0n) is 10.3. The molecule has 5 N–H and O–H groups in total. The zero-order chi connectivity index (χ0) is 14.4. The highest BCUT2D eigenvalue weighted by atomic mass is 32.1. The van der Waals surface area contributed by atoms with Crippen molar-refractivity contribution < 1.29 is 19.5 Å². The van der Waals surface area contributed by atoms with Crippen LogP contribution in [-0.2, 0) is 9.59 Å². The van der Waals surface area contributed by atoms with E-state index in [1.54, 1.807) is 6.07 Å². The topological polar surface area (TPSA) is 122 Å². The van der Waals surface area contributed by atoms with E-state index in [1.165, 1.54) is 11.3 Å². The van der Waals surface area contributed by atoms with E-state index in [1.807, 2.05) is 13.0 Å². The minimum atomic E-state index is -1.43. The quantitative estimate of drug-likeness (QED) is 0.521. The smallest absolute Gasteiger partial charge is 0.261 e. The third-order valence-electron chi connectivity index (χ3n) is 2.19. The molecule has 19 heavy (non-hydrogen) atoms. The highest BCUT2D eigenvalue weighted by Gasteiger charge is 2.13. The fourth-order valence-corrected chi connectivity index (χ4v) is 1.96. The van der Waals surface area contributed by atoms with E-state index in [2.05, 4.69) is 10.6 Å². The first-order valence-electron chi connectivity index (χ1n) is 5.49. The Morgan fingerprint density at radius 3 is 2.58 bits per heavy atom. The molecule has 104 valence electrons. The molecule has 0 radical (unpaired) electrons. The normalized spacial score (nSPS) is 11.7. The van der Waals surface area contributed by atoms with Crippen LogP contribution in [0.4, 0.5) is 0 Å². The van der Waals surface area contributed by atoms with Crippen molar-refractivity contribution in [2.24, 2.45) is 5.73 Å². The first-order valence-corrected chi connectivity index (χ1v) is 6.30. The Kier molecular flexibility index (Phi) is 5.46. The van der Waals surface area contributed by atoms with Crippen molar-refractivity contribution >= 4 is 29.1 Å². The molecule has 0 aliphatic carbocycles. The van der Waals surface area contributed by atoms with Crippen molar-refractivity contribution in [2.45, 2.75) is 13.0 Å². The molecule has 0 saturated carbocycles. The Morgan fingerprint density at radius 1 is 1.37 bits per heavy atom. The number of carbonyl (C=O) groups excluding carboxylic acids is 3. The van der Waals surface area contributed by atoms with E-state index in [-0.39, 0.29) is 19.0 Å². The summed E-state index contributed by atoms with van der Waals surface area (Å²) in [5.41, 5.74) is 4.81. The van der Waals surface area contributed by atoms with Gasteiger partial charge in [-0.05, 0) is 19.1 Å². The van der Waals surface area contributed by atoms with Crippen LogP contribution in [-0.4, -0.2) is 42.0 Å². The Morgan fingerprint density at radius 2 is 2.05 bits per heavy atom. The van der Waals surface area contributed by atoms with Crippen molar-refractivity contribution in [3.8, 4) is 0 Å². The molecule has 0 spiro atoms. The molecule has 0 aromatic carbocycles. The molecule has 1 aromatic heterocycles. The third-order valence-corrected chi connectivity index (χ3v) is 3.19. The van der Waals surface area contributed by atoms with E-state index in [0.29, 0.717) is 4.88 Å². The van der Waals surface area contributed by atoms with Crippen LogP contribution >= 0.6 is 11.3 Å². The van der Waals surface area contributed by atoms with Gasteiger partial charge in [0.15, 0.2) is 0 Å². The van der Waals surface area contributed by atoms with Crippen LogP contribution in [0.1, 0.15) is 14.5 Å². The van der Waals surface area contributed by atoms with Gasteiger partial charge >= 0.3 is 0 Å². The fourth-order valence-electron chi connectivity index (χ4n) is 1.18. The summed E-state index contributed by atoms with van der Waals surface area (Å²) in [5.74, 6) is -1.77. The minimum Gasteiger partial charge on any atom is -0.381 e. The van der Waals surface area contributed by atoms with Crippen molar-refractivity contribution in [3.63, 3.8) is 0 Å². The van der Waals surface area contributed by atoms with Gasteiger partial charge in [-0.2, -0.15) is 0 Å². The molecule has 0 fully saturated rings. The molecule has 1 unspecified atom stereocenters. The van der Waals surface area contributed by atoms with Gasteiger partial charge in [-0.15, -0.1) is 11.3 Å². The van der Waals surface area contributed by atoms with Crippen molar-refractivity contribution in [1.29, 1.82) is 0 Å². The lowest BCUT2D eigenvalue weighted by Crippen LogP contribution is -2.43. The van der Waals surface area contributed by atoms with Crippen LogP contribution < -0.4 is 16.4 Å². The first kappa shape index (κ1) is 15.1. The molecule has 8 heteroatoms. The number of nitrogens with one attached hydrogen (secondary N) is 2. The van der Waals surface area contributed by atoms with E-state index in [0.717, 1.165) is 4.88 Å². The molecule has 1 rings (SSSR count). The number of hydrogen-bond acceptors (Lipinski definition) is 5. The minimum absolute atomic E-state index is 0.235. The lowest BCUT2D eigenvalue weighted by Gasteiger charge is -2.08. The van der Waals surface area contributed by atoms with Crippen LogP contribution in [0.25, 0.3) is 0 Å². The van der Waals surface area contributed by atoms with Gasteiger partial charge in [-0.25, -0.2) is 0 Å². The summed E-state index contributed by atoms with van der Waals surface area (Å²) in [6.07, 6.45) is -1.43. The summed E-state index contributed by atoms with van der Waals surface area (Å²) in [4.78, 5) is 35.0. The number of aliphatic hydroxyl groups is 1. The molecule has 7 nitrogen and oxygen atoms in total. The lowest BCUT2D eigenvalue weighted by molar-refractivity contribution is -0.126. The molecule has 1 heterocycles. The predicted molar refractivity (Wildman–Crippen MR) is 69.6 cm³/mol.